The molecule has 2 nitrogen and oxygen atoms in total. The van der Waals surface area contributed by atoms with Crippen LogP contribution in [0.25, 0.3) is 0 Å². The van der Waals surface area contributed by atoms with Gasteiger partial charge in [0.2, 0.25) is 6.10 Å². The number of hydrogen-bond acceptors (Lipinski definition) is 2. The van der Waals surface area contributed by atoms with E-state index in [1.54, 1.807) is 0 Å². The van der Waals surface area contributed by atoms with Crippen molar-refractivity contribution in [1.82, 2.24) is 0 Å². The summed E-state index contributed by atoms with van der Waals surface area (Å²) in [6.45, 7) is 7.96. The van der Waals surface area contributed by atoms with Gasteiger partial charge in [0, 0.05) is 5.88 Å². The standard InChI is InChI=1S/C15H20ClFO2/c1-6-11(10(17)8-7-9-16)19-13(18)12-14(2,3)15(12,4)5/h1,8,11-12H,7,9H2,2-5H3. The van der Waals surface area contributed by atoms with Gasteiger partial charge in [-0.25, -0.2) is 4.39 Å². The monoisotopic (exact) mass is 286 g/mol. The van der Waals surface area contributed by atoms with Crippen LogP contribution in [0.15, 0.2) is 11.9 Å². The lowest BCUT2D eigenvalue weighted by Crippen LogP contribution is -2.20. The summed E-state index contributed by atoms with van der Waals surface area (Å²) in [6, 6.07) is 0. The van der Waals surface area contributed by atoms with Crippen LogP contribution in [0.2, 0.25) is 0 Å². The van der Waals surface area contributed by atoms with Gasteiger partial charge in [0.25, 0.3) is 0 Å². The summed E-state index contributed by atoms with van der Waals surface area (Å²) < 4.78 is 18.8. The first-order valence-corrected chi connectivity index (χ1v) is 6.81. The summed E-state index contributed by atoms with van der Waals surface area (Å²) in [5, 5.41) is 0. The molecule has 0 amide bonds. The van der Waals surface area contributed by atoms with Crippen LogP contribution in [-0.4, -0.2) is 18.0 Å². The maximum atomic E-state index is 13.7. The van der Waals surface area contributed by atoms with E-state index in [0.29, 0.717) is 12.3 Å². The van der Waals surface area contributed by atoms with Crippen LogP contribution in [0.5, 0.6) is 0 Å². The Labute approximate surface area is 119 Å². The zero-order chi connectivity index (χ0) is 14.8. The second kappa shape index (κ2) is 5.54. The molecule has 0 spiro atoms. The van der Waals surface area contributed by atoms with E-state index < -0.39 is 17.9 Å². The van der Waals surface area contributed by atoms with Crippen molar-refractivity contribution in [1.29, 1.82) is 0 Å². The average molecular weight is 287 g/mol. The third-order valence-corrected chi connectivity index (χ3v) is 4.56. The van der Waals surface area contributed by atoms with E-state index in [-0.39, 0.29) is 16.7 Å². The van der Waals surface area contributed by atoms with Crippen LogP contribution >= 0.6 is 11.6 Å². The molecule has 1 aliphatic rings. The molecular formula is C15H20ClFO2. The topological polar surface area (TPSA) is 26.3 Å². The lowest BCUT2D eigenvalue weighted by atomic mass is 10.0. The molecule has 106 valence electrons. The Bertz CT molecular complexity index is 418. The molecule has 0 N–H and O–H groups in total. The van der Waals surface area contributed by atoms with Gasteiger partial charge >= 0.3 is 5.97 Å². The Kier molecular flexibility index (Phi) is 4.68. The molecule has 1 saturated carbocycles. The highest BCUT2D eigenvalue weighted by Crippen LogP contribution is 2.68. The summed E-state index contributed by atoms with van der Waals surface area (Å²) in [6.07, 6.45) is 5.57. The molecule has 0 aliphatic heterocycles. The maximum Gasteiger partial charge on any atom is 0.311 e. The number of carbonyl (C=O) groups is 1. The Morgan fingerprint density at radius 1 is 1.47 bits per heavy atom. The highest BCUT2D eigenvalue weighted by molar-refractivity contribution is 6.17. The third-order valence-electron chi connectivity index (χ3n) is 4.34. The van der Waals surface area contributed by atoms with E-state index in [0.717, 1.165) is 0 Å². The van der Waals surface area contributed by atoms with Gasteiger partial charge in [-0.1, -0.05) is 33.6 Å². The lowest BCUT2D eigenvalue weighted by molar-refractivity contribution is -0.148. The third kappa shape index (κ3) is 2.95. The van der Waals surface area contributed by atoms with E-state index in [1.807, 2.05) is 27.7 Å². The number of allylic oxidation sites excluding steroid dienone is 1. The molecule has 4 heteroatoms. The number of carbonyl (C=O) groups excluding carboxylic acids is 1. The van der Waals surface area contributed by atoms with E-state index in [1.165, 1.54) is 6.08 Å². The van der Waals surface area contributed by atoms with Crippen LogP contribution in [0.4, 0.5) is 4.39 Å². The second-order valence-corrected chi connectivity index (χ2v) is 6.30. The van der Waals surface area contributed by atoms with Crippen molar-refractivity contribution in [3.63, 3.8) is 0 Å². The van der Waals surface area contributed by atoms with Gasteiger partial charge in [-0.3, -0.25) is 4.79 Å². The molecule has 1 fully saturated rings. The van der Waals surface area contributed by atoms with Gasteiger partial charge in [0.1, 0.15) is 5.83 Å². The maximum absolute atomic E-state index is 13.7. The van der Waals surface area contributed by atoms with Crippen molar-refractivity contribution in [2.75, 3.05) is 5.88 Å². The van der Waals surface area contributed by atoms with Crippen LogP contribution in [0.1, 0.15) is 34.1 Å². The fourth-order valence-electron chi connectivity index (χ4n) is 2.44. The van der Waals surface area contributed by atoms with Gasteiger partial charge in [0.15, 0.2) is 0 Å². The van der Waals surface area contributed by atoms with Crippen LogP contribution in [0, 0.1) is 29.1 Å². The molecule has 0 aromatic heterocycles. The first-order chi connectivity index (χ1) is 8.70. The highest BCUT2D eigenvalue weighted by Gasteiger charge is 2.69. The minimum atomic E-state index is -1.25. The minimum absolute atomic E-state index is 0.153. The molecule has 1 unspecified atom stereocenters. The summed E-state index contributed by atoms with van der Waals surface area (Å²) in [5.74, 6) is 1.12. The van der Waals surface area contributed by atoms with Crippen LogP contribution in [0.3, 0.4) is 0 Å². The SMILES string of the molecule is C#CC(OC(=O)C1C(C)(C)C1(C)C)C(F)=CCCCl. The molecule has 0 aromatic carbocycles. The number of hydrogen-bond donors (Lipinski definition) is 0. The molecule has 0 bridgehead atoms. The van der Waals surface area contributed by atoms with E-state index in [9.17, 15) is 9.18 Å². The minimum Gasteiger partial charge on any atom is -0.441 e. The Morgan fingerprint density at radius 3 is 2.37 bits per heavy atom. The largest absolute Gasteiger partial charge is 0.441 e. The molecular weight excluding hydrogens is 267 g/mol. The molecule has 0 saturated heterocycles. The summed E-state index contributed by atoms with van der Waals surface area (Å²) in [7, 11) is 0. The van der Waals surface area contributed by atoms with Crippen LogP contribution in [-0.2, 0) is 9.53 Å². The van der Waals surface area contributed by atoms with Crippen molar-refractivity contribution in [3.8, 4) is 12.3 Å². The Morgan fingerprint density at radius 2 is 2.00 bits per heavy atom. The summed E-state index contributed by atoms with van der Waals surface area (Å²) in [5.41, 5.74) is -0.306. The van der Waals surface area contributed by atoms with E-state index in [4.69, 9.17) is 22.8 Å². The Hall–Kier alpha value is -1.01. The summed E-state index contributed by atoms with van der Waals surface area (Å²) in [4.78, 5) is 12.0. The molecule has 0 aromatic rings. The molecule has 0 heterocycles. The number of halogens is 2. The average Bonchev–Trinajstić information content (AvgIpc) is 2.73. The fourth-order valence-corrected chi connectivity index (χ4v) is 2.55. The van der Waals surface area contributed by atoms with Crippen LogP contribution < -0.4 is 0 Å². The smallest absolute Gasteiger partial charge is 0.311 e. The van der Waals surface area contributed by atoms with Gasteiger partial charge in [-0.05, 0) is 23.3 Å². The highest BCUT2D eigenvalue weighted by atomic mass is 35.5. The molecule has 0 radical (unpaired) electrons. The zero-order valence-electron chi connectivity index (χ0n) is 11.8. The Balaban J connectivity index is 2.70. The summed E-state index contributed by atoms with van der Waals surface area (Å²) >= 11 is 5.46. The first kappa shape index (κ1) is 16.0. The van der Waals surface area contributed by atoms with Crippen molar-refractivity contribution >= 4 is 17.6 Å². The first-order valence-electron chi connectivity index (χ1n) is 6.28. The van der Waals surface area contributed by atoms with E-state index >= 15 is 0 Å². The van der Waals surface area contributed by atoms with Gasteiger partial charge in [-0.2, -0.15) is 0 Å². The molecule has 1 rings (SSSR count). The van der Waals surface area contributed by atoms with Crippen molar-refractivity contribution in [3.05, 3.63) is 11.9 Å². The van der Waals surface area contributed by atoms with Gasteiger partial charge < -0.3 is 4.74 Å². The molecule has 1 aliphatic carbocycles. The molecule has 19 heavy (non-hydrogen) atoms. The second-order valence-electron chi connectivity index (χ2n) is 5.93. The van der Waals surface area contributed by atoms with Crippen molar-refractivity contribution in [2.45, 2.75) is 40.2 Å². The lowest BCUT2D eigenvalue weighted by Gasteiger charge is -2.11. The van der Waals surface area contributed by atoms with Crippen molar-refractivity contribution in [2.24, 2.45) is 16.7 Å². The quantitative estimate of drug-likeness (QED) is 0.438. The normalized spacial score (nSPS) is 22.5. The number of alkyl halides is 1. The van der Waals surface area contributed by atoms with E-state index in [2.05, 4.69) is 5.92 Å². The predicted molar refractivity (Wildman–Crippen MR) is 74.3 cm³/mol. The number of esters is 1. The van der Waals surface area contributed by atoms with Crippen molar-refractivity contribution < 1.29 is 13.9 Å². The number of rotatable bonds is 5. The number of terminal acetylenes is 1. The van der Waals surface area contributed by atoms with Gasteiger partial charge in [0.05, 0.1) is 5.92 Å². The molecule has 1 atom stereocenters. The fraction of sp³-hybridized carbons (Fsp3) is 0.667. The number of ether oxygens (including phenoxy) is 1. The predicted octanol–water partition coefficient (Wildman–Crippen LogP) is 3.70. The zero-order valence-corrected chi connectivity index (χ0v) is 12.6. The van der Waals surface area contributed by atoms with Gasteiger partial charge in [-0.15, -0.1) is 18.0 Å².